The zero-order valence-electron chi connectivity index (χ0n) is 23.7. The number of piperidine rings is 1. The lowest BCUT2D eigenvalue weighted by Gasteiger charge is -2.33. The number of methoxy groups -OCH3 is 1. The van der Waals surface area contributed by atoms with Crippen molar-refractivity contribution in [1.29, 1.82) is 0 Å². The van der Waals surface area contributed by atoms with Crippen molar-refractivity contribution in [3.05, 3.63) is 32.6 Å². The minimum atomic E-state index is -0.443. The Bertz CT molecular complexity index is 1050. The van der Waals surface area contributed by atoms with Gasteiger partial charge in [-0.05, 0) is 56.1 Å². The molecule has 0 atom stereocenters. The quantitative estimate of drug-likeness (QED) is 0.385. The van der Waals surface area contributed by atoms with Crippen LogP contribution < -0.4 is 4.74 Å². The van der Waals surface area contributed by atoms with E-state index >= 15 is 0 Å². The maximum atomic E-state index is 12.6. The highest BCUT2D eigenvalue weighted by molar-refractivity contribution is 7.16. The van der Waals surface area contributed by atoms with Gasteiger partial charge < -0.3 is 14.4 Å². The molecular formula is C29H43ClN2O3S. The van der Waals surface area contributed by atoms with Crippen molar-refractivity contribution < 1.29 is 14.3 Å². The van der Waals surface area contributed by atoms with Crippen molar-refractivity contribution in [2.24, 2.45) is 0 Å². The molecule has 1 aromatic carbocycles. The molecule has 0 bridgehead atoms. The molecule has 200 valence electrons. The van der Waals surface area contributed by atoms with Crippen LogP contribution in [-0.4, -0.2) is 41.8 Å². The van der Waals surface area contributed by atoms with Crippen LogP contribution >= 0.6 is 22.9 Å². The van der Waals surface area contributed by atoms with E-state index in [4.69, 9.17) is 26.1 Å². The maximum absolute atomic E-state index is 12.6. The fourth-order valence-corrected chi connectivity index (χ4v) is 5.82. The number of halogens is 1. The van der Waals surface area contributed by atoms with E-state index in [-0.39, 0.29) is 22.8 Å². The van der Waals surface area contributed by atoms with E-state index in [0.29, 0.717) is 17.4 Å². The number of carbonyl (C=O) groups is 1. The van der Waals surface area contributed by atoms with Gasteiger partial charge in [0, 0.05) is 35.7 Å². The highest BCUT2D eigenvalue weighted by Crippen LogP contribution is 2.45. The monoisotopic (exact) mass is 534 g/mol. The Hall–Kier alpha value is -1.79. The van der Waals surface area contributed by atoms with Crippen LogP contribution in [0.15, 0.2) is 12.1 Å². The second kappa shape index (κ2) is 10.5. The molecule has 1 aliphatic heterocycles. The molecule has 2 heterocycles. The molecule has 1 aliphatic rings. The molecule has 5 nitrogen and oxygen atoms in total. The molecule has 0 spiro atoms. The molecular weight excluding hydrogens is 492 g/mol. The standard InChI is InChI=1S/C29H43ClN2O3S/c1-11-29(8,9)35-26(33)32-14-12-18(13-15-32)25-31-22(24(30)36-25)19-16-20(27(2,3)4)23(34-10)21(17-19)28(5,6)7/h16-18H,11-15H2,1-10H3. The van der Waals surface area contributed by atoms with Crippen LogP contribution in [0.5, 0.6) is 5.75 Å². The molecule has 1 saturated heterocycles. The Morgan fingerprint density at radius 1 is 1.06 bits per heavy atom. The molecule has 3 rings (SSSR count). The third kappa shape index (κ3) is 6.36. The maximum Gasteiger partial charge on any atom is 0.410 e. The van der Waals surface area contributed by atoms with Gasteiger partial charge in [0.1, 0.15) is 21.4 Å². The zero-order valence-corrected chi connectivity index (χ0v) is 25.2. The summed E-state index contributed by atoms with van der Waals surface area (Å²) in [6, 6.07) is 4.37. The summed E-state index contributed by atoms with van der Waals surface area (Å²) in [5.74, 6) is 1.22. The van der Waals surface area contributed by atoms with Crippen LogP contribution in [0.3, 0.4) is 0 Å². The molecule has 1 fully saturated rings. The number of hydrogen-bond donors (Lipinski definition) is 0. The lowest BCUT2D eigenvalue weighted by atomic mass is 9.78. The summed E-state index contributed by atoms with van der Waals surface area (Å²) < 4.78 is 12.3. The number of amides is 1. The molecule has 2 aromatic rings. The molecule has 7 heteroatoms. The predicted molar refractivity (Wildman–Crippen MR) is 151 cm³/mol. The third-order valence-corrected chi connectivity index (χ3v) is 8.52. The summed E-state index contributed by atoms with van der Waals surface area (Å²) >= 11 is 8.38. The van der Waals surface area contributed by atoms with Crippen LogP contribution in [-0.2, 0) is 15.6 Å². The lowest BCUT2D eigenvalue weighted by molar-refractivity contribution is 0.00750. The van der Waals surface area contributed by atoms with Crippen molar-refractivity contribution in [3.63, 3.8) is 0 Å². The van der Waals surface area contributed by atoms with Gasteiger partial charge in [-0.2, -0.15) is 0 Å². The fourth-order valence-electron chi connectivity index (χ4n) is 4.45. The van der Waals surface area contributed by atoms with Gasteiger partial charge in [0.05, 0.1) is 12.1 Å². The smallest absolute Gasteiger partial charge is 0.410 e. The van der Waals surface area contributed by atoms with Crippen molar-refractivity contribution in [2.75, 3.05) is 20.2 Å². The number of rotatable bonds is 5. The largest absolute Gasteiger partial charge is 0.496 e. The highest BCUT2D eigenvalue weighted by atomic mass is 35.5. The Labute approximate surface area is 226 Å². The number of thiazole rings is 1. The van der Waals surface area contributed by atoms with Gasteiger partial charge in [-0.25, -0.2) is 9.78 Å². The third-order valence-electron chi connectivity index (χ3n) is 7.10. The number of benzene rings is 1. The number of likely N-dealkylation sites (tertiary alicyclic amines) is 1. The molecule has 0 aliphatic carbocycles. The topological polar surface area (TPSA) is 51.7 Å². The number of ether oxygens (including phenoxy) is 2. The first-order valence-corrected chi connectivity index (χ1v) is 14.1. The van der Waals surface area contributed by atoms with E-state index in [1.807, 2.05) is 25.7 Å². The Morgan fingerprint density at radius 2 is 1.58 bits per heavy atom. The van der Waals surface area contributed by atoms with E-state index in [1.54, 1.807) is 18.4 Å². The molecule has 0 radical (unpaired) electrons. The predicted octanol–water partition coefficient (Wildman–Crippen LogP) is 8.57. The van der Waals surface area contributed by atoms with Crippen LogP contribution in [0.25, 0.3) is 11.3 Å². The Kier molecular flexibility index (Phi) is 8.41. The molecule has 1 aromatic heterocycles. The first-order valence-electron chi connectivity index (χ1n) is 12.9. The number of hydrogen-bond acceptors (Lipinski definition) is 5. The minimum Gasteiger partial charge on any atom is -0.496 e. The van der Waals surface area contributed by atoms with E-state index in [2.05, 4.69) is 53.7 Å². The summed E-state index contributed by atoms with van der Waals surface area (Å²) in [7, 11) is 1.75. The number of aromatic nitrogens is 1. The van der Waals surface area contributed by atoms with Gasteiger partial charge in [-0.3, -0.25) is 0 Å². The minimum absolute atomic E-state index is 0.0968. The second-order valence-electron chi connectivity index (χ2n) is 12.5. The van der Waals surface area contributed by atoms with Crippen LogP contribution in [0.4, 0.5) is 4.79 Å². The average Bonchev–Trinajstić information content (AvgIpc) is 3.18. The molecule has 1 amide bonds. The van der Waals surface area contributed by atoms with Gasteiger partial charge in [0.2, 0.25) is 0 Å². The Balaban J connectivity index is 1.88. The lowest BCUT2D eigenvalue weighted by Crippen LogP contribution is -2.42. The van der Waals surface area contributed by atoms with Crippen molar-refractivity contribution >= 4 is 29.0 Å². The summed E-state index contributed by atoms with van der Waals surface area (Å²) in [6.45, 7) is 20.5. The van der Waals surface area contributed by atoms with Crippen molar-refractivity contribution in [1.82, 2.24) is 9.88 Å². The second-order valence-corrected chi connectivity index (χ2v) is 14.2. The van der Waals surface area contributed by atoms with Crippen molar-refractivity contribution in [2.45, 2.75) is 104 Å². The van der Waals surface area contributed by atoms with Crippen molar-refractivity contribution in [3.8, 4) is 17.0 Å². The summed E-state index contributed by atoms with van der Waals surface area (Å²) in [5, 5.41) is 1.04. The van der Waals surface area contributed by atoms with E-state index in [9.17, 15) is 4.79 Å². The Morgan fingerprint density at radius 3 is 2.03 bits per heavy atom. The van der Waals surface area contributed by atoms with Crippen LogP contribution in [0.2, 0.25) is 4.34 Å². The first-order chi connectivity index (χ1) is 16.6. The van der Waals surface area contributed by atoms with E-state index < -0.39 is 5.60 Å². The van der Waals surface area contributed by atoms with Gasteiger partial charge in [0.15, 0.2) is 0 Å². The zero-order chi connectivity index (χ0) is 27.1. The van der Waals surface area contributed by atoms with Gasteiger partial charge in [-0.15, -0.1) is 11.3 Å². The number of carbonyl (C=O) groups excluding carboxylic acids is 1. The fraction of sp³-hybridized carbons (Fsp3) is 0.655. The highest BCUT2D eigenvalue weighted by Gasteiger charge is 2.32. The summed E-state index contributed by atoms with van der Waals surface area (Å²) in [6.07, 6.45) is 2.28. The summed E-state index contributed by atoms with van der Waals surface area (Å²) in [5.41, 5.74) is 3.53. The SMILES string of the molecule is CCC(C)(C)OC(=O)N1CCC(c2nc(-c3cc(C(C)(C)C)c(OC)c(C(C)(C)C)c3)c(Cl)s2)CC1. The average molecular weight is 535 g/mol. The molecule has 0 unspecified atom stereocenters. The normalized spacial score (nSPS) is 15.8. The van der Waals surface area contributed by atoms with E-state index in [1.165, 1.54) is 0 Å². The molecule has 0 N–H and O–H groups in total. The van der Waals surface area contributed by atoms with Crippen LogP contribution in [0, 0.1) is 0 Å². The van der Waals surface area contributed by atoms with Crippen LogP contribution in [0.1, 0.15) is 104 Å². The first kappa shape index (κ1) is 28.8. The van der Waals surface area contributed by atoms with Gasteiger partial charge >= 0.3 is 6.09 Å². The summed E-state index contributed by atoms with van der Waals surface area (Å²) in [4.78, 5) is 19.5. The van der Waals surface area contributed by atoms with Gasteiger partial charge in [0.25, 0.3) is 0 Å². The molecule has 36 heavy (non-hydrogen) atoms. The number of nitrogens with zero attached hydrogens (tertiary/aromatic N) is 2. The molecule has 0 saturated carbocycles. The van der Waals surface area contributed by atoms with E-state index in [0.717, 1.165) is 52.4 Å². The van der Waals surface area contributed by atoms with Gasteiger partial charge in [-0.1, -0.05) is 60.1 Å².